The molecule has 1 atom stereocenters. The SMILES string of the molecule is COc1ccc(C2CNc3c(cc(Cl)cc3[N+](=O)[O-])CN2)cc1OC. The van der Waals surface area contributed by atoms with Gasteiger partial charge in [0.25, 0.3) is 5.69 Å². The molecule has 25 heavy (non-hydrogen) atoms. The molecule has 0 spiro atoms. The second kappa shape index (κ2) is 7.16. The van der Waals surface area contributed by atoms with Crippen LogP contribution in [0.2, 0.25) is 5.02 Å². The molecule has 1 unspecified atom stereocenters. The average Bonchev–Trinajstić information content (AvgIpc) is 2.82. The van der Waals surface area contributed by atoms with Crippen molar-refractivity contribution in [2.45, 2.75) is 12.6 Å². The first-order valence-corrected chi connectivity index (χ1v) is 8.07. The Labute approximate surface area is 150 Å². The number of anilines is 1. The maximum atomic E-state index is 11.3. The summed E-state index contributed by atoms with van der Waals surface area (Å²) in [7, 11) is 3.17. The normalized spacial score (nSPS) is 16.4. The number of nitro groups is 1. The van der Waals surface area contributed by atoms with Crippen molar-refractivity contribution in [3.8, 4) is 11.5 Å². The molecule has 0 saturated heterocycles. The largest absolute Gasteiger partial charge is 0.493 e. The Kier molecular flexibility index (Phi) is 4.96. The lowest BCUT2D eigenvalue weighted by Gasteiger charge is -2.18. The first kappa shape index (κ1) is 17.3. The third kappa shape index (κ3) is 3.47. The summed E-state index contributed by atoms with van der Waals surface area (Å²) < 4.78 is 10.6. The highest BCUT2D eigenvalue weighted by Gasteiger charge is 2.24. The van der Waals surface area contributed by atoms with E-state index in [9.17, 15) is 10.1 Å². The topological polar surface area (TPSA) is 85.7 Å². The molecule has 0 bridgehead atoms. The van der Waals surface area contributed by atoms with Crippen LogP contribution >= 0.6 is 11.6 Å². The van der Waals surface area contributed by atoms with Gasteiger partial charge in [0.15, 0.2) is 11.5 Å². The Balaban J connectivity index is 1.90. The lowest BCUT2D eigenvalue weighted by molar-refractivity contribution is -0.384. The smallest absolute Gasteiger partial charge is 0.294 e. The van der Waals surface area contributed by atoms with Gasteiger partial charge in [-0.15, -0.1) is 0 Å². The molecule has 1 aliphatic rings. The van der Waals surface area contributed by atoms with Gasteiger partial charge in [-0.1, -0.05) is 17.7 Å². The first-order valence-electron chi connectivity index (χ1n) is 7.69. The van der Waals surface area contributed by atoms with Crippen LogP contribution in [0.4, 0.5) is 11.4 Å². The number of hydrogen-bond acceptors (Lipinski definition) is 6. The molecular weight excluding hydrogens is 346 g/mol. The van der Waals surface area contributed by atoms with E-state index in [-0.39, 0.29) is 11.7 Å². The second-order valence-corrected chi connectivity index (χ2v) is 6.08. The van der Waals surface area contributed by atoms with Crippen LogP contribution in [-0.4, -0.2) is 25.7 Å². The summed E-state index contributed by atoms with van der Waals surface area (Å²) in [4.78, 5) is 10.9. The second-order valence-electron chi connectivity index (χ2n) is 5.64. The number of ether oxygens (including phenoxy) is 2. The molecule has 0 fully saturated rings. The van der Waals surface area contributed by atoms with Crippen LogP contribution in [0.15, 0.2) is 30.3 Å². The fraction of sp³-hybridized carbons (Fsp3) is 0.294. The number of benzene rings is 2. The van der Waals surface area contributed by atoms with Gasteiger partial charge in [0.2, 0.25) is 0 Å². The Hall–Kier alpha value is -2.51. The number of methoxy groups -OCH3 is 2. The molecule has 2 N–H and O–H groups in total. The van der Waals surface area contributed by atoms with Crippen molar-refractivity contribution < 1.29 is 14.4 Å². The summed E-state index contributed by atoms with van der Waals surface area (Å²) in [6.07, 6.45) is 0. The molecule has 0 aromatic heterocycles. The minimum Gasteiger partial charge on any atom is -0.493 e. The average molecular weight is 364 g/mol. The highest BCUT2D eigenvalue weighted by Crippen LogP contribution is 2.36. The van der Waals surface area contributed by atoms with Crippen LogP contribution < -0.4 is 20.1 Å². The molecule has 7 nitrogen and oxygen atoms in total. The number of nitrogens with zero attached hydrogens (tertiary/aromatic N) is 1. The maximum absolute atomic E-state index is 11.3. The summed E-state index contributed by atoms with van der Waals surface area (Å²) in [5.41, 5.74) is 2.25. The number of rotatable bonds is 4. The zero-order valence-corrected chi connectivity index (χ0v) is 14.6. The Morgan fingerprint density at radius 1 is 1.20 bits per heavy atom. The Morgan fingerprint density at radius 3 is 2.64 bits per heavy atom. The predicted octanol–water partition coefficient (Wildman–Crippen LogP) is 3.52. The van der Waals surface area contributed by atoms with Crippen LogP contribution in [0, 0.1) is 10.1 Å². The molecule has 8 heteroatoms. The van der Waals surface area contributed by atoms with Crippen molar-refractivity contribution in [3.05, 3.63) is 56.6 Å². The minimum atomic E-state index is -0.422. The molecule has 3 rings (SSSR count). The quantitative estimate of drug-likeness (QED) is 0.638. The monoisotopic (exact) mass is 363 g/mol. The van der Waals surface area contributed by atoms with Crippen LogP contribution in [0.5, 0.6) is 11.5 Å². The molecule has 0 saturated carbocycles. The van der Waals surface area contributed by atoms with Gasteiger partial charge in [0.05, 0.1) is 19.1 Å². The molecule has 1 aliphatic heterocycles. The van der Waals surface area contributed by atoms with E-state index in [0.29, 0.717) is 35.3 Å². The van der Waals surface area contributed by atoms with Crippen molar-refractivity contribution in [1.82, 2.24) is 5.32 Å². The number of nitro benzene ring substituents is 1. The highest BCUT2D eigenvalue weighted by molar-refractivity contribution is 6.31. The first-order chi connectivity index (χ1) is 12.0. The van der Waals surface area contributed by atoms with Crippen LogP contribution in [0.3, 0.4) is 0 Å². The molecular formula is C17H18ClN3O4. The van der Waals surface area contributed by atoms with Gasteiger partial charge in [0.1, 0.15) is 5.69 Å². The predicted molar refractivity (Wildman–Crippen MR) is 95.7 cm³/mol. The molecule has 2 aromatic carbocycles. The van der Waals surface area contributed by atoms with E-state index in [4.69, 9.17) is 21.1 Å². The van der Waals surface area contributed by atoms with Crippen LogP contribution in [-0.2, 0) is 6.54 Å². The summed E-state index contributed by atoms with van der Waals surface area (Å²) in [6.45, 7) is 0.952. The molecule has 2 aromatic rings. The zero-order chi connectivity index (χ0) is 18.0. The van der Waals surface area contributed by atoms with E-state index in [1.165, 1.54) is 6.07 Å². The summed E-state index contributed by atoms with van der Waals surface area (Å²) >= 11 is 6.02. The summed E-state index contributed by atoms with van der Waals surface area (Å²) in [5.74, 6) is 1.29. The van der Waals surface area contributed by atoms with Gasteiger partial charge in [-0.25, -0.2) is 0 Å². The van der Waals surface area contributed by atoms with E-state index >= 15 is 0 Å². The van der Waals surface area contributed by atoms with Gasteiger partial charge in [-0.05, 0) is 29.3 Å². The van der Waals surface area contributed by atoms with Crippen molar-refractivity contribution in [3.63, 3.8) is 0 Å². The lowest BCUT2D eigenvalue weighted by atomic mass is 10.1. The number of halogens is 1. The van der Waals surface area contributed by atoms with Gasteiger partial charge in [-0.3, -0.25) is 10.1 Å². The van der Waals surface area contributed by atoms with E-state index in [1.54, 1.807) is 20.3 Å². The lowest BCUT2D eigenvalue weighted by Crippen LogP contribution is -2.24. The standard InChI is InChI=1S/C17H18ClN3O4/c1-24-15-4-3-10(6-16(15)25-2)13-9-20-17-11(8-19-13)5-12(18)7-14(17)21(22)23/h3-7,13,19-20H,8-9H2,1-2H3. The van der Waals surface area contributed by atoms with Gasteiger partial charge in [-0.2, -0.15) is 0 Å². The molecule has 1 heterocycles. The third-order valence-corrected chi connectivity index (χ3v) is 4.41. The fourth-order valence-electron chi connectivity index (χ4n) is 2.95. The van der Waals surface area contributed by atoms with E-state index in [1.807, 2.05) is 18.2 Å². The van der Waals surface area contributed by atoms with Crippen LogP contribution in [0.25, 0.3) is 0 Å². The van der Waals surface area contributed by atoms with Crippen molar-refractivity contribution >= 4 is 23.0 Å². The highest BCUT2D eigenvalue weighted by atomic mass is 35.5. The van der Waals surface area contributed by atoms with Crippen molar-refractivity contribution in [1.29, 1.82) is 0 Å². The number of hydrogen-bond donors (Lipinski definition) is 2. The third-order valence-electron chi connectivity index (χ3n) is 4.19. The molecule has 0 radical (unpaired) electrons. The summed E-state index contributed by atoms with van der Waals surface area (Å²) in [5, 5.41) is 18.2. The molecule has 0 aliphatic carbocycles. The van der Waals surface area contributed by atoms with E-state index in [2.05, 4.69) is 10.6 Å². The maximum Gasteiger partial charge on any atom is 0.294 e. The van der Waals surface area contributed by atoms with E-state index < -0.39 is 4.92 Å². The molecule has 132 valence electrons. The van der Waals surface area contributed by atoms with Gasteiger partial charge in [0, 0.05) is 30.2 Å². The summed E-state index contributed by atoms with van der Waals surface area (Å²) in [6, 6.07) is 8.73. The number of nitrogens with one attached hydrogen (secondary N) is 2. The van der Waals surface area contributed by atoms with Gasteiger partial charge < -0.3 is 20.1 Å². The van der Waals surface area contributed by atoms with Gasteiger partial charge >= 0.3 is 0 Å². The Bertz CT molecular complexity index is 813. The zero-order valence-electron chi connectivity index (χ0n) is 13.8. The Morgan fingerprint density at radius 2 is 1.96 bits per heavy atom. The van der Waals surface area contributed by atoms with Crippen LogP contribution in [0.1, 0.15) is 17.2 Å². The minimum absolute atomic E-state index is 0.0164. The fourth-order valence-corrected chi connectivity index (χ4v) is 3.18. The van der Waals surface area contributed by atoms with Crippen molar-refractivity contribution in [2.75, 3.05) is 26.1 Å². The van der Waals surface area contributed by atoms with Crippen molar-refractivity contribution in [2.24, 2.45) is 0 Å². The molecule has 0 amide bonds. The van der Waals surface area contributed by atoms with E-state index in [0.717, 1.165) is 11.1 Å². The number of fused-ring (bicyclic) bond motifs is 1.